The normalized spacial score (nSPS) is 15.4. The van der Waals surface area contributed by atoms with Gasteiger partial charge in [0.15, 0.2) is 0 Å². The van der Waals surface area contributed by atoms with E-state index in [1.165, 1.54) is 0 Å². The summed E-state index contributed by atoms with van der Waals surface area (Å²) < 4.78 is 0. The number of carboxylic acids is 1. The van der Waals surface area contributed by atoms with Gasteiger partial charge in [0.1, 0.15) is 0 Å². The van der Waals surface area contributed by atoms with Gasteiger partial charge in [0.05, 0.1) is 11.5 Å². The summed E-state index contributed by atoms with van der Waals surface area (Å²) in [5.41, 5.74) is -0.609. The standard InChI is InChI=1S/C14H29NO3/c1-5-14(18,6-2)10-15-12(4)9-7-8-11(3)13(16)17/h11-12,15,18H,5-10H2,1-4H3,(H,16,17). The third-order valence-electron chi connectivity index (χ3n) is 3.79. The lowest BCUT2D eigenvalue weighted by Crippen LogP contribution is -2.42. The highest BCUT2D eigenvalue weighted by atomic mass is 16.4. The molecule has 108 valence electrons. The Morgan fingerprint density at radius 2 is 1.78 bits per heavy atom. The first-order valence-corrected chi connectivity index (χ1v) is 7.03. The average Bonchev–Trinajstić information content (AvgIpc) is 2.35. The van der Waals surface area contributed by atoms with Crippen LogP contribution in [0.25, 0.3) is 0 Å². The monoisotopic (exact) mass is 259 g/mol. The molecule has 0 saturated heterocycles. The number of hydrogen-bond acceptors (Lipinski definition) is 3. The van der Waals surface area contributed by atoms with Crippen molar-refractivity contribution in [3.63, 3.8) is 0 Å². The zero-order chi connectivity index (χ0) is 14.2. The van der Waals surface area contributed by atoms with Gasteiger partial charge in [0, 0.05) is 12.6 Å². The second kappa shape index (κ2) is 8.48. The van der Waals surface area contributed by atoms with Crippen LogP contribution < -0.4 is 5.32 Å². The molecule has 0 aliphatic rings. The molecule has 0 rings (SSSR count). The molecule has 2 unspecified atom stereocenters. The minimum Gasteiger partial charge on any atom is -0.481 e. The molecule has 0 aliphatic heterocycles. The lowest BCUT2D eigenvalue weighted by molar-refractivity contribution is -0.141. The highest BCUT2D eigenvalue weighted by Crippen LogP contribution is 2.14. The number of rotatable bonds is 10. The molecule has 4 nitrogen and oxygen atoms in total. The molecular weight excluding hydrogens is 230 g/mol. The van der Waals surface area contributed by atoms with Crippen LogP contribution in [0.2, 0.25) is 0 Å². The Bertz CT molecular complexity index is 239. The Labute approximate surface area is 111 Å². The molecule has 0 aliphatic carbocycles. The van der Waals surface area contributed by atoms with Crippen LogP contribution in [0, 0.1) is 5.92 Å². The first kappa shape index (κ1) is 17.4. The van der Waals surface area contributed by atoms with E-state index in [1.54, 1.807) is 6.92 Å². The van der Waals surface area contributed by atoms with E-state index in [4.69, 9.17) is 5.11 Å². The van der Waals surface area contributed by atoms with Crippen LogP contribution in [0.4, 0.5) is 0 Å². The van der Waals surface area contributed by atoms with Gasteiger partial charge >= 0.3 is 5.97 Å². The SMILES string of the molecule is CCC(O)(CC)CNC(C)CCCC(C)C(=O)O. The molecule has 2 atom stereocenters. The summed E-state index contributed by atoms with van der Waals surface area (Å²) in [7, 11) is 0. The maximum atomic E-state index is 10.7. The van der Waals surface area contributed by atoms with Crippen LogP contribution >= 0.6 is 0 Å². The Morgan fingerprint density at radius 1 is 1.22 bits per heavy atom. The van der Waals surface area contributed by atoms with Crippen LogP contribution in [0.15, 0.2) is 0 Å². The number of carboxylic acid groups (broad SMARTS) is 1. The Balaban J connectivity index is 3.78. The zero-order valence-corrected chi connectivity index (χ0v) is 12.2. The summed E-state index contributed by atoms with van der Waals surface area (Å²) in [5.74, 6) is -0.984. The third-order valence-corrected chi connectivity index (χ3v) is 3.79. The van der Waals surface area contributed by atoms with E-state index in [2.05, 4.69) is 12.2 Å². The summed E-state index contributed by atoms with van der Waals surface area (Å²) in [4.78, 5) is 10.7. The van der Waals surface area contributed by atoms with Gasteiger partial charge in [-0.15, -0.1) is 0 Å². The Kier molecular flexibility index (Phi) is 8.20. The number of aliphatic carboxylic acids is 1. The van der Waals surface area contributed by atoms with Crippen LogP contribution in [0.5, 0.6) is 0 Å². The smallest absolute Gasteiger partial charge is 0.306 e. The molecule has 0 aromatic rings. The molecule has 18 heavy (non-hydrogen) atoms. The summed E-state index contributed by atoms with van der Waals surface area (Å²) in [6.45, 7) is 8.41. The lowest BCUT2D eigenvalue weighted by Gasteiger charge is -2.27. The molecule has 0 aromatic carbocycles. The molecule has 3 N–H and O–H groups in total. The summed E-state index contributed by atoms with van der Waals surface area (Å²) in [6.07, 6.45) is 4.06. The molecule has 0 aromatic heterocycles. The minimum atomic E-state index is -0.720. The van der Waals surface area contributed by atoms with E-state index in [1.807, 2.05) is 13.8 Å². The molecule has 0 amide bonds. The van der Waals surface area contributed by atoms with E-state index in [-0.39, 0.29) is 5.92 Å². The quantitative estimate of drug-likeness (QED) is 0.563. The average molecular weight is 259 g/mol. The first-order chi connectivity index (χ1) is 8.34. The Hall–Kier alpha value is -0.610. The van der Waals surface area contributed by atoms with Gasteiger partial charge in [-0.1, -0.05) is 27.2 Å². The molecule has 0 radical (unpaired) electrons. The molecule has 4 heteroatoms. The third kappa shape index (κ3) is 6.97. The fourth-order valence-electron chi connectivity index (χ4n) is 1.82. The summed E-state index contributed by atoms with van der Waals surface area (Å²) in [6, 6.07) is 0.315. The molecule has 0 heterocycles. The fourth-order valence-corrected chi connectivity index (χ4v) is 1.82. The zero-order valence-electron chi connectivity index (χ0n) is 12.2. The van der Waals surface area contributed by atoms with Crippen molar-refractivity contribution in [1.29, 1.82) is 0 Å². The highest BCUT2D eigenvalue weighted by molar-refractivity contribution is 5.69. The maximum Gasteiger partial charge on any atom is 0.306 e. The van der Waals surface area contributed by atoms with Gasteiger partial charge < -0.3 is 15.5 Å². The van der Waals surface area contributed by atoms with Gasteiger partial charge in [-0.2, -0.15) is 0 Å². The van der Waals surface area contributed by atoms with Gasteiger partial charge in [0.25, 0.3) is 0 Å². The number of aliphatic hydroxyl groups is 1. The second-order valence-corrected chi connectivity index (χ2v) is 5.38. The first-order valence-electron chi connectivity index (χ1n) is 7.03. The molecule has 0 saturated carbocycles. The largest absolute Gasteiger partial charge is 0.481 e. The van der Waals surface area contributed by atoms with E-state index in [0.717, 1.165) is 25.7 Å². The van der Waals surface area contributed by atoms with Gasteiger partial charge in [0.2, 0.25) is 0 Å². The van der Waals surface area contributed by atoms with E-state index in [9.17, 15) is 9.90 Å². The van der Waals surface area contributed by atoms with Gasteiger partial charge in [-0.05, 0) is 32.6 Å². The number of nitrogens with one attached hydrogen (secondary N) is 1. The van der Waals surface area contributed by atoms with E-state index < -0.39 is 11.6 Å². The van der Waals surface area contributed by atoms with Crippen molar-refractivity contribution >= 4 is 5.97 Å². The van der Waals surface area contributed by atoms with E-state index >= 15 is 0 Å². The molecular formula is C14H29NO3. The highest BCUT2D eigenvalue weighted by Gasteiger charge is 2.22. The van der Waals surface area contributed by atoms with Crippen LogP contribution in [-0.2, 0) is 4.79 Å². The fraction of sp³-hybridized carbons (Fsp3) is 0.929. The van der Waals surface area contributed by atoms with Gasteiger partial charge in [-0.3, -0.25) is 4.79 Å². The van der Waals surface area contributed by atoms with Crippen molar-refractivity contribution in [3.05, 3.63) is 0 Å². The summed E-state index contributed by atoms with van der Waals surface area (Å²) in [5, 5.41) is 22.2. The summed E-state index contributed by atoms with van der Waals surface area (Å²) >= 11 is 0. The molecule has 0 fully saturated rings. The van der Waals surface area contributed by atoms with Crippen molar-refractivity contribution in [2.75, 3.05) is 6.54 Å². The van der Waals surface area contributed by atoms with Crippen molar-refractivity contribution in [2.45, 2.75) is 71.4 Å². The maximum absolute atomic E-state index is 10.7. The van der Waals surface area contributed by atoms with Crippen LogP contribution in [0.1, 0.15) is 59.8 Å². The predicted octanol–water partition coefficient (Wildman–Crippen LogP) is 2.41. The van der Waals surface area contributed by atoms with E-state index in [0.29, 0.717) is 19.0 Å². The van der Waals surface area contributed by atoms with Crippen molar-refractivity contribution in [3.8, 4) is 0 Å². The molecule has 0 spiro atoms. The van der Waals surface area contributed by atoms with Crippen LogP contribution in [0.3, 0.4) is 0 Å². The van der Waals surface area contributed by atoms with Gasteiger partial charge in [-0.25, -0.2) is 0 Å². The Morgan fingerprint density at radius 3 is 2.22 bits per heavy atom. The van der Waals surface area contributed by atoms with Crippen LogP contribution in [-0.4, -0.2) is 34.4 Å². The minimum absolute atomic E-state index is 0.264. The van der Waals surface area contributed by atoms with Crippen molar-refractivity contribution in [2.24, 2.45) is 5.92 Å². The second-order valence-electron chi connectivity index (χ2n) is 5.38. The number of hydrogen-bond donors (Lipinski definition) is 3. The topological polar surface area (TPSA) is 69.6 Å². The lowest BCUT2D eigenvalue weighted by atomic mass is 9.96. The van der Waals surface area contributed by atoms with Crippen molar-refractivity contribution in [1.82, 2.24) is 5.32 Å². The predicted molar refractivity (Wildman–Crippen MR) is 73.6 cm³/mol. The van der Waals surface area contributed by atoms with Crippen molar-refractivity contribution < 1.29 is 15.0 Å². The number of carbonyl (C=O) groups is 1. The molecule has 0 bridgehead atoms.